The predicted molar refractivity (Wildman–Crippen MR) is 124 cm³/mol. The maximum atomic E-state index is 12.8. The summed E-state index contributed by atoms with van der Waals surface area (Å²) in [6, 6.07) is 9.96. The van der Waals surface area contributed by atoms with E-state index in [9.17, 15) is 9.59 Å². The number of benzene rings is 2. The number of hydrogen-bond donors (Lipinski definition) is 3. The molecule has 1 heterocycles. The molecule has 3 rings (SSSR count). The third-order valence-electron chi connectivity index (χ3n) is 4.93. The van der Waals surface area contributed by atoms with Crippen molar-refractivity contribution in [3.8, 4) is 0 Å². The van der Waals surface area contributed by atoms with Gasteiger partial charge in [0.15, 0.2) is 0 Å². The van der Waals surface area contributed by atoms with Gasteiger partial charge in [0.2, 0.25) is 0 Å². The van der Waals surface area contributed by atoms with E-state index in [1.807, 2.05) is 13.0 Å². The van der Waals surface area contributed by atoms with Crippen molar-refractivity contribution in [2.24, 2.45) is 0 Å². The van der Waals surface area contributed by atoms with Crippen molar-refractivity contribution >= 4 is 52.2 Å². The number of carbonyl (C=O) groups is 2. The fourth-order valence-corrected chi connectivity index (χ4v) is 3.77. The van der Waals surface area contributed by atoms with E-state index >= 15 is 0 Å². The first-order chi connectivity index (χ1) is 14.5. The van der Waals surface area contributed by atoms with Crippen LogP contribution in [0.3, 0.4) is 0 Å². The van der Waals surface area contributed by atoms with Crippen molar-refractivity contribution in [3.63, 3.8) is 0 Å². The van der Waals surface area contributed by atoms with Gasteiger partial charge in [-0.15, -0.1) is 0 Å². The fourth-order valence-electron chi connectivity index (χ4n) is 3.42. The first-order valence-electron chi connectivity index (χ1n) is 10.2. The molecule has 0 spiro atoms. The molecule has 2 aromatic rings. The molecule has 0 radical (unpaired) electrons. The molecule has 3 amide bonds. The first-order valence-corrected chi connectivity index (χ1v) is 10.9. The average Bonchev–Trinajstić information content (AvgIpc) is 2.76. The van der Waals surface area contributed by atoms with Crippen molar-refractivity contribution in [1.29, 1.82) is 0 Å². The molecule has 0 unspecified atom stereocenters. The van der Waals surface area contributed by atoms with E-state index in [-0.39, 0.29) is 10.9 Å². The summed E-state index contributed by atoms with van der Waals surface area (Å²) in [6.45, 7) is 4.46. The molecule has 1 fully saturated rings. The summed E-state index contributed by atoms with van der Waals surface area (Å²) in [6.07, 6.45) is 4.28. The number of rotatable bonds is 6. The van der Waals surface area contributed by atoms with Gasteiger partial charge in [0.05, 0.1) is 21.3 Å². The van der Waals surface area contributed by atoms with Crippen molar-refractivity contribution in [2.45, 2.75) is 32.6 Å². The lowest BCUT2D eigenvalue weighted by molar-refractivity contribution is 0.0954. The van der Waals surface area contributed by atoms with Crippen LogP contribution in [0.5, 0.6) is 0 Å². The van der Waals surface area contributed by atoms with Crippen molar-refractivity contribution in [2.75, 3.05) is 35.2 Å². The highest BCUT2D eigenvalue weighted by Crippen LogP contribution is 2.30. The third kappa shape index (κ3) is 5.58. The van der Waals surface area contributed by atoms with Crippen LogP contribution in [-0.2, 0) is 0 Å². The second kappa shape index (κ2) is 10.5. The topological polar surface area (TPSA) is 73.5 Å². The average molecular weight is 449 g/mol. The molecule has 0 saturated carbocycles. The number of nitrogens with one attached hydrogen (secondary N) is 3. The van der Waals surface area contributed by atoms with E-state index in [0.29, 0.717) is 28.5 Å². The van der Waals surface area contributed by atoms with Crippen LogP contribution < -0.4 is 20.9 Å². The minimum absolute atomic E-state index is 0.139. The first kappa shape index (κ1) is 22.2. The standard InChI is InChI=1S/C22H26Cl2N4O2/c1-2-11-25-21(29)16-14-15(9-10-19(16)28-12-4-3-5-13-28)26-22(30)27-18-8-6-7-17(23)20(18)24/h6-10,14H,2-5,11-13H2,1H3,(H,25,29)(H2,26,27,30). The van der Waals surface area contributed by atoms with E-state index in [2.05, 4.69) is 20.9 Å². The van der Waals surface area contributed by atoms with Gasteiger partial charge in [0, 0.05) is 31.0 Å². The summed E-state index contributed by atoms with van der Waals surface area (Å²) >= 11 is 12.1. The Kier molecular flexibility index (Phi) is 7.82. The molecule has 0 atom stereocenters. The second-order valence-electron chi connectivity index (χ2n) is 7.22. The molecule has 3 N–H and O–H groups in total. The minimum atomic E-state index is -0.468. The molecule has 0 aliphatic carbocycles. The van der Waals surface area contributed by atoms with Crippen LogP contribution in [0.15, 0.2) is 36.4 Å². The Balaban J connectivity index is 1.79. The zero-order valence-electron chi connectivity index (χ0n) is 16.9. The van der Waals surface area contributed by atoms with Gasteiger partial charge in [-0.2, -0.15) is 0 Å². The zero-order chi connectivity index (χ0) is 21.5. The summed E-state index contributed by atoms with van der Waals surface area (Å²) in [7, 11) is 0. The number of halogens is 2. The van der Waals surface area contributed by atoms with Crippen LogP contribution in [-0.4, -0.2) is 31.6 Å². The van der Waals surface area contributed by atoms with Gasteiger partial charge in [-0.05, 0) is 56.0 Å². The largest absolute Gasteiger partial charge is 0.371 e. The summed E-state index contributed by atoms with van der Waals surface area (Å²) < 4.78 is 0. The number of hydrogen-bond acceptors (Lipinski definition) is 3. The molecule has 160 valence electrons. The number of carbonyl (C=O) groups excluding carboxylic acids is 2. The molecule has 0 aromatic heterocycles. The molecule has 1 aliphatic heterocycles. The highest BCUT2D eigenvalue weighted by atomic mass is 35.5. The Hall–Kier alpha value is -2.44. The molecular weight excluding hydrogens is 423 g/mol. The Bertz CT molecular complexity index is 914. The zero-order valence-corrected chi connectivity index (χ0v) is 18.4. The number of anilines is 3. The Morgan fingerprint density at radius 3 is 2.53 bits per heavy atom. The van der Waals surface area contributed by atoms with Gasteiger partial charge in [-0.25, -0.2) is 4.79 Å². The number of piperidine rings is 1. The maximum Gasteiger partial charge on any atom is 0.323 e. The molecule has 1 saturated heterocycles. The summed E-state index contributed by atoms with van der Waals surface area (Å²) in [5.41, 5.74) is 2.39. The van der Waals surface area contributed by atoms with Gasteiger partial charge in [-0.3, -0.25) is 4.79 Å². The Labute approximate surface area is 186 Å². The van der Waals surface area contributed by atoms with Crippen LogP contribution in [0.25, 0.3) is 0 Å². The maximum absolute atomic E-state index is 12.8. The van der Waals surface area contributed by atoms with Gasteiger partial charge in [0.25, 0.3) is 5.91 Å². The van der Waals surface area contributed by atoms with Crippen molar-refractivity contribution in [3.05, 3.63) is 52.0 Å². The highest BCUT2D eigenvalue weighted by Gasteiger charge is 2.19. The van der Waals surface area contributed by atoms with Crippen LogP contribution in [0.4, 0.5) is 21.9 Å². The van der Waals surface area contributed by atoms with E-state index in [1.54, 1.807) is 30.3 Å². The Morgan fingerprint density at radius 1 is 1.03 bits per heavy atom. The smallest absolute Gasteiger partial charge is 0.323 e. The van der Waals surface area contributed by atoms with Crippen molar-refractivity contribution in [1.82, 2.24) is 5.32 Å². The molecule has 30 heavy (non-hydrogen) atoms. The van der Waals surface area contributed by atoms with Crippen LogP contribution in [0.1, 0.15) is 43.0 Å². The summed E-state index contributed by atoms with van der Waals surface area (Å²) in [5.74, 6) is -0.139. The van der Waals surface area contributed by atoms with Gasteiger partial charge >= 0.3 is 6.03 Å². The van der Waals surface area contributed by atoms with Crippen LogP contribution in [0, 0.1) is 0 Å². The lowest BCUT2D eigenvalue weighted by atomic mass is 10.1. The summed E-state index contributed by atoms with van der Waals surface area (Å²) in [5, 5.41) is 9.02. The number of nitrogens with zero attached hydrogens (tertiary/aromatic N) is 1. The number of amides is 3. The van der Waals surface area contributed by atoms with Crippen LogP contribution in [0.2, 0.25) is 10.0 Å². The SMILES string of the molecule is CCCNC(=O)c1cc(NC(=O)Nc2cccc(Cl)c2Cl)ccc1N1CCCCC1. The van der Waals surface area contributed by atoms with Gasteiger partial charge in [-0.1, -0.05) is 36.2 Å². The van der Waals surface area contributed by atoms with Crippen molar-refractivity contribution < 1.29 is 9.59 Å². The normalized spacial score (nSPS) is 13.6. The predicted octanol–water partition coefficient (Wildman–Crippen LogP) is 5.77. The van der Waals surface area contributed by atoms with E-state index in [0.717, 1.165) is 38.0 Å². The molecule has 8 heteroatoms. The van der Waals surface area contributed by atoms with Gasteiger partial charge in [0.1, 0.15) is 0 Å². The third-order valence-corrected chi connectivity index (χ3v) is 5.75. The molecule has 1 aliphatic rings. The quantitative estimate of drug-likeness (QED) is 0.525. The fraction of sp³-hybridized carbons (Fsp3) is 0.364. The van der Waals surface area contributed by atoms with Gasteiger partial charge < -0.3 is 20.9 Å². The molecule has 6 nitrogen and oxygen atoms in total. The van der Waals surface area contributed by atoms with E-state index in [1.165, 1.54) is 6.42 Å². The molecular formula is C22H26Cl2N4O2. The lowest BCUT2D eigenvalue weighted by Crippen LogP contribution is -2.33. The second-order valence-corrected chi connectivity index (χ2v) is 8.00. The molecule has 0 bridgehead atoms. The minimum Gasteiger partial charge on any atom is -0.371 e. The monoisotopic (exact) mass is 448 g/mol. The van der Waals surface area contributed by atoms with E-state index < -0.39 is 6.03 Å². The molecule has 2 aromatic carbocycles. The van der Waals surface area contributed by atoms with Crippen LogP contribution >= 0.6 is 23.2 Å². The highest BCUT2D eigenvalue weighted by molar-refractivity contribution is 6.44. The Morgan fingerprint density at radius 2 is 1.80 bits per heavy atom. The lowest BCUT2D eigenvalue weighted by Gasteiger charge is -2.30. The van der Waals surface area contributed by atoms with E-state index in [4.69, 9.17) is 23.2 Å². The number of urea groups is 1. The summed E-state index contributed by atoms with van der Waals surface area (Å²) in [4.78, 5) is 27.5.